The lowest BCUT2D eigenvalue weighted by atomic mass is 9.88. The molecular formula is C18H18ClN5O2. The van der Waals surface area contributed by atoms with Gasteiger partial charge in [0.15, 0.2) is 11.3 Å². The number of H-pyrrole nitrogens is 1. The van der Waals surface area contributed by atoms with Crippen molar-refractivity contribution in [1.82, 2.24) is 19.5 Å². The molecule has 2 aromatic heterocycles. The van der Waals surface area contributed by atoms with Gasteiger partial charge in [0.2, 0.25) is 0 Å². The van der Waals surface area contributed by atoms with Gasteiger partial charge in [-0.25, -0.2) is 19.3 Å². The third-order valence-corrected chi connectivity index (χ3v) is 5.06. The van der Waals surface area contributed by atoms with E-state index >= 15 is 0 Å². The van der Waals surface area contributed by atoms with Gasteiger partial charge in [-0.3, -0.25) is 4.79 Å². The SMILES string of the molecule is NC(=O)c1nc(C2CCCCC2)nc2c1[nH]c(=O)n2-c1cccc(Cl)c1. The van der Waals surface area contributed by atoms with E-state index in [1.54, 1.807) is 24.3 Å². The second-order valence-corrected chi connectivity index (χ2v) is 7.01. The number of hydrogen-bond acceptors (Lipinski definition) is 4. The minimum atomic E-state index is -0.686. The van der Waals surface area contributed by atoms with E-state index in [2.05, 4.69) is 15.0 Å². The average molecular weight is 372 g/mol. The van der Waals surface area contributed by atoms with Gasteiger partial charge in [0.1, 0.15) is 11.3 Å². The zero-order valence-electron chi connectivity index (χ0n) is 14.0. The molecule has 1 aromatic carbocycles. The van der Waals surface area contributed by atoms with E-state index in [-0.39, 0.29) is 17.1 Å². The van der Waals surface area contributed by atoms with Crippen molar-refractivity contribution in [3.05, 3.63) is 51.3 Å². The molecule has 4 rings (SSSR count). The fourth-order valence-electron chi connectivity index (χ4n) is 3.58. The molecule has 1 aliphatic carbocycles. The average Bonchev–Trinajstić information content (AvgIpc) is 2.97. The third kappa shape index (κ3) is 2.88. The highest BCUT2D eigenvalue weighted by atomic mass is 35.5. The van der Waals surface area contributed by atoms with Crippen molar-refractivity contribution < 1.29 is 4.79 Å². The number of amides is 1. The molecule has 0 bridgehead atoms. The Balaban J connectivity index is 1.98. The monoisotopic (exact) mass is 371 g/mol. The quantitative estimate of drug-likeness (QED) is 0.738. The smallest absolute Gasteiger partial charge is 0.332 e. The van der Waals surface area contributed by atoms with Gasteiger partial charge in [0.05, 0.1) is 5.69 Å². The number of benzene rings is 1. The molecule has 0 atom stereocenters. The van der Waals surface area contributed by atoms with E-state index in [1.165, 1.54) is 11.0 Å². The molecule has 7 nitrogen and oxygen atoms in total. The Morgan fingerprint density at radius 2 is 2.00 bits per heavy atom. The predicted octanol–water partition coefficient (Wildman–Crippen LogP) is 2.91. The van der Waals surface area contributed by atoms with Crippen molar-refractivity contribution in [3.63, 3.8) is 0 Å². The molecular weight excluding hydrogens is 354 g/mol. The van der Waals surface area contributed by atoms with Gasteiger partial charge < -0.3 is 10.7 Å². The summed E-state index contributed by atoms with van der Waals surface area (Å²) >= 11 is 6.07. The molecule has 0 aliphatic heterocycles. The Labute approximate surface area is 154 Å². The van der Waals surface area contributed by atoms with Crippen LogP contribution in [-0.4, -0.2) is 25.4 Å². The molecule has 0 radical (unpaired) electrons. The normalized spacial score (nSPS) is 15.4. The Morgan fingerprint density at radius 1 is 1.23 bits per heavy atom. The minimum absolute atomic E-state index is 0.0495. The highest BCUT2D eigenvalue weighted by Gasteiger charge is 2.24. The number of nitrogens with zero attached hydrogens (tertiary/aromatic N) is 3. The topological polar surface area (TPSA) is 107 Å². The lowest BCUT2D eigenvalue weighted by Gasteiger charge is -2.20. The highest BCUT2D eigenvalue weighted by molar-refractivity contribution is 6.30. The van der Waals surface area contributed by atoms with Crippen molar-refractivity contribution in [2.45, 2.75) is 38.0 Å². The molecule has 3 aromatic rings. The van der Waals surface area contributed by atoms with Crippen LogP contribution >= 0.6 is 11.6 Å². The fraction of sp³-hybridized carbons (Fsp3) is 0.333. The molecule has 2 heterocycles. The fourth-order valence-corrected chi connectivity index (χ4v) is 3.76. The summed E-state index contributed by atoms with van der Waals surface area (Å²) in [6.45, 7) is 0. The number of fused-ring (bicyclic) bond motifs is 1. The Hall–Kier alpha value is -2.67. The van der Waals surface area contributed by atoms with E-state index in [0.717, 1.165) is 25.7 Å². The first-order valence-corrected chi connectivity index (χ1v) is 9.01. The highest BCUT2D eigenvalue weighted by Crippen LogP contribution is 2.32. The lowest BCUT2D eigenvalue weighted by molar-refractivity contribution is 0.0996. The molecule has 1 saturated carbocycles. The maximum absolute atomic E-state index is 12.6. The van der Waals surface area contributed by atoms with Crippen LogP contribution < -0.4 is 11.4 Å². The number of nitrogens with one attached hydrogen (secondary N) is 1. The second-order valence-electron chi connectivity index (χ2n) is 6.57. The number of carbonyl (C=O) groups excluding carboxylic acids is 1. The molecule has 0 unspecified atom stereocenters. The standard InChI is InChI=1S/C18H18ClN5O2/c19-11-7-4-8-12(9-11)24-17-14(22-18(24)26)13(15(20)25)21-16(23-17)10-5-2-1-3-6-10/h4,7-10H,1-3,5-6H2,(H2,20,25)(H,22,26). The van der Waals surface area contributed by atoms with Crippen LogP contribution in [0.1, 0.15) is 54.3 Å². The Kier molecular flexibility index (Phi) is 4.24. The Morgan fingerprint density at radius 3 is 2.69 bits per heavy atom. The van der Waals surface area contributed by atoms with Crippen molar-refractivity contribution in [2.75, 3.05) is 0 Å². The van der Waals surface area contributed by atoms with Gasteiger partial charge in [-0.2, -0.15) is 0 Å². The van der Waals surface area contributed by atoms with Crippen molar-refractivity contribution in [2.24, 2.45) is 5.73 Å². The zero-order valence-corrected chi connectivity index (χ0v) is 14.8. The number of primary amides is 1. The van der Waals surface area contributed by atoms with E-state index in [1.807, 2.05) is 0 Å². The minimum Gasteiger partial charge on any atom is -0.364 e. The number of hydrogen-bond donors (Lipinski definition) is 2. The van der Waals surface area contributed by atoms with Gasteiger partial charge in [-0.15, -0.1) is 0 Å². The van der Waals surface area contributed by atoms with Crippen LogP contribution in [-0.2, 0) is 0 Å². The molecule has 26 heavy (non-hydrogen) atoms. The van der Waals surface area contributed by atoms with Crippen LogP contribution in [0.5, 0.6) is 0 Å². The summed E-state index contributed by atoms with van der Waals surface area (Å²) in [5, 5.41) is 0.500. The van der Waals surface area contributed by atoms with Crippen molar-refractivity contribution >= 4 is 28.7 Å². The summed E-state index contributed by atoms with van der Waals surface area (Å²) < 4.78 is 1.40. The molecule has 0 saturated heterocycles. The number of nitrogens with two attached hydrogens (primary N) is 1. The molecule has 134 valence electrons. The molecule has 8 heteroatoms. The number of rotatable bonds is 3. The number of halogens is 1. The van der Waals surface area contributed by atoms with Crippen molar-refractivity contribution in [1.29, 1.82) is 0 Å². The first kappa shape index (κ1) is 16.8. The number of imidazole rings is 1. The summed E-state index contributed by atoms with van der Waals surface area (Å²) in [6.07, 6.45) is 5.34. The first-order valence-electron chi connectivity index (χ1n) is 8.63. The second kappa shape index (κ2) is 6.57. The zero-order chi connectivity index (χ0) is 18.3. The van der Waals surface area contributed by atoms with Crippen molar-refractivity contribution in [3.8, 4) is 5.69 Å². The molecule has 3 N–H and O–H groups in total. The number of aromatic nitrogens is 4. The number of aromatic amines is 1. The molecule has 1 fully saturated rings. The van der Waals surface area contributed by atoms with Crippen LogP contribution in [0.4, 0.5) is 0 Å². The molecule has 0 spiro atoms. The maximum atomic E-state index is 12.6. The summed E-state index contributed by atoms with van der Waals surface area (Å²) in [5.74, 6) is 0.0544. The van der Waals surface area contributed by atoms with Gasteiger partial charge in [-0.05, 0) is 31.0 Å². The largest absolute Gasteiger partial charge is 0.364 e. The number of carbonyl (C=O) groups is 1. The van der Waals surface area contributed by atoms with E-state index in [0.29, 0.717) is 22.2 Å². The summed E-state index contributed by atoms with van der Waals surface area (Å²) in [4.78, 5) is 36.2. The lowest BCUT2D eigenvalue weighted by Crippen LogP contribution is -2.18. The van der Waals surface area contributed by atoms with E-state index in [4.69, 9.17) is 17.3 Å². The van der Waals surface area contributed by atoms with Gasteiger partial charge >= 0.3 is 5.69 Å². The first-order chi connectivity index (χ1) is 12.5. The summed E-state index contributed by atoms with van der Waals surface area (Å²) in [5.41, 5.74) is 6.32. The Bertz CT molecular complexity index is 1050. The van der Waals surface area contributed by atoms with Crippen LogP contribution in [0.2, 0.25) is 5.02 Å². The third-order valence-electron chi connectivity index (χ3n) is 4.82. The maximum Gasteiger partial charge on any atom is 0.332 e. The van der Waals surface area contributed by atoms with Crippen LogP contribution in [0, 0.1) is 0 Å². The van der Waals surface area contributed by atoms with Gasteiger partial charge in [0, 0.05) is 10.9 Å². The van der Waals surface area contributed by atoms with Crippen LogP contribution in [0.15, 0.2) is 29.1 Å². The predicted molar refractivity (Wildman–Crippen MR) is 98.8 cm³/mol. The van der Waals surface area contributed by atoms with Crippen LogP contribution in [0.25, 0.3) is 16.9 Å². The van der Waals surface area contributed by atoms with Crippen LogP contribution in [0.3, 0.4) is 0 Å². The van der Waals surface area contributed by atoms with Gasteiger partial charge in [-0.1, -0.05) is 36.9 Å². The van der Waals surface area contributed by atoms with E-state index in [9.17, 15) is 9.59 Å². The van der Waals surface area contributed by atoms with E-state index < -0.39 is 11.6 Å². The molecule has 1 aliphatic rings. The van der Waals surface area contributed by atoms with Gasteiger partial charge in [0.25, 0.3) is 5.91 Å². The molecule has 1 amide bonds. The summed E-state index contributed by atoms with van der Waals surface area (Å²) in [7, 11) is 0. The summed E-state index contributed by atoms with van der Waals surface area (Å²) in [6, 6.07) is 6.90.